The minimum absolute atomic E-state index is 0.0155. The Bertz CT molecular complexity index is 1040. The predicted molar refractivity (Wildman–Crippen MR) is 118 cm³/mol. The fourth-order valence-corrected chi connectivity index (χ4v) is 3.35. The van der Waals surface area contributed by atoms with Crippen molar-refractivity contribution in [3.05, 3.63) is 90.2 Å². The topological polar surface area (TPSA) is 71.9 Å². The SMILES string of the molecule is COc1cccc(NC(=O)[C@@H](c2ccccc2)[NH+](C)CC(=O)Nc2cccc(F)c2)c1. The number of methoxy groups -OCH3 is 1. The lowest BCUT2D eigenvalue weighted by atomic mass is 10.0. The molecule has 0 saturated heterocycles. The Labute approximate surface area is 180 Å². The van der Waals surface area contributed by atoms with Crippen LogP contribution in [0.25, 0.3) is 0 Å². The van der Waals surface area contributed by atoms with Gasteiger partial charge in [0.2, 0.25) is 0 Å². The highest BCUT2D eigenvalue weighted by molar-refractivity contribution is 5.95. The lowest BCUT2D eigenvalue weighted by Crippen LogP contribution is -3.11. The van der Waals surface area contributed by atoms with Crippen LogP contribution in [0.4, 0.5) is 15.8 Å². The summed E-state index contributed by atoms with van der Waals surface area (Å²) in [7, 11) is 3.33. The highest BCUT2D eigenvalue weighted by Crippen LogP contribution is 2.19. The highest BCUT2D eigenvalue weighted by Gasteiger charge is 2.30. The Morgan fingerprint density at radius 2 is 1.61 bits per heavy atom. The third-order valence-corrected chi connectivity index (χ3v) is 4.77. The van der Waals surface area contributed by atoms with Gasteiger partial charge in [0.15, 0.2) is 12.6 Å². The molecule has 3 rings (SSSR count). The van der Waals surface area contributed by atoms with Crippen LogP contribution in [0.3, 0.4) is 0 Å². The molecule has 6 nitrogen and oxygen atoms in total. The molecule has 1 unspecified atom stereocenters. The van der Waals surface area contributed by atoms with Gasteiger partial charge in [-0.25, -0.2) is 4.39 Å². The molecule has 0 aliphatic carbocycles. The third-order valence-electron chi connectivity index (χ3n) is 4.77. The van der Waals surface area contributed by atoms with E-state index in [1.807, 2.05) is 30.3 Å². The van der Waals surface area contributed by atoms with E-state index < -0.39 is 11.9 Å². The van der Waals surface area contributed by atoms with Gasteiger partial charge < -0.3 is 20.3 Å². The third kappa shape index (κ3) is 6.13. The minimum Gasteiger partial charge on any atom is -0.497 e. The number of carbonyl (C=O) groups excluding carboxylic acids is 2. The second-order valence-electron chi connectivity index (χ2n) is 7.15. The molecule has 0 heterocycles. The van der Waals surface area contributed by atoms with Gasteiger partial charge in [0, 0.05) is 23.0 Å². The number of likely N-dealkylation sites (N-methyl/N-ethyl adjacent to an activating group) is 1. The van der Waals surface area contributed by atoms with Crippen molar-refractivity contribution in [2.75, 3.05) is 31.3 Å². The van der Waals surface area contributed by atoms with Crippen molar-refractivity contribution in [3.8, 4) is 5.75 Å². The van der Waals surface area contributed by atoms with Gasteiger partial charge in [0.25, 0.3) is 11.8 Å². The maximum Gasteiger partial charge on any atom is 0.287 e. The minimum atomic E-state index is -0.634. The number of benzene rings is 3. The molecule has 3 aromatic rings. The zero-order valence-corrected chi connectivity index (χ0v) is 17.4. The van der Waals surface area contributed by atoms with Gasteiger partial charge in [-0.1, -0.05) is 42.5 Å². The average Bonchev–Trinajstić information content (AvgIpc) is 2.74. The van der Waals surface area contributed by atoms with Gasteiger partial charge in [-0.2, -0.15) is 0 Å². The van der Waals surface area contributed by atoms with Crippen LogP contribution in [0.15, 0.2) is 78.9 Å². The number of rotatable bonds is 8. The van der Waals surface area contributed by atoms with Crippen LogP contribution in [-0.4, -0.2) is 32.5 Å². The number of hydrogen-bond acceptors (Lipinski definition) is 3. The zero-order chi connectivity index (χ0) is 22.2. The Hall–Kier alpha value is -3.71. The smallest absolute Gasteiger partial charge is 0.287 e. The van der Waals surface area contributed by atoms with Crippen LogP contribution in [0.2, 0.25) is 0 Å². The molecule has 0 aliphatic heterocycles. The van der Waals surface area contributed by atoms with E-state index in [2.05, 4.69) is 10.6 Å². The van der Waals surface area contributed by atoms with Crippen molar-refractivity contribution in [3.63, 3.8) is 0 Å². The van der Waals surface area contributed by atoms with Gasteiger partial charge in [-0.3, -0.25) is 9.59 Å². The Morgan fingerprint density at radius 3 is 2.29 bits per heavy atom. The van der Waals surface area contributed by atoms with Crippen molar-refractivity contribution in [1.82, 2.24) is 0 Å². The zero-order valence-electron chi connectivity index (χ0n) is 17.4. The molecule has 31 heavy (non-hydrogen) atoms. The van der Waals surface area contributed by atoms with Gasteiger partial charge in [-0.15, -0.1) is 0 Å². The van der Waals surface area contributed by atoms with Crippen LogP contribution < -0.4 is 20.3 Å². The van der Waals surface area contributed by atoms with Gasteiger partial charge in [0.1, 0.15) is 11.6 Å². The second-order valence-corrected chi connectivity index (χ2v) is 7.15. The fourth-order valence-electron chi connectivity index (χ4n) is 3.35. The first kappa shape index (κ1) is 22.0. The van der Waals surface area contributed by atoms with Gasteiger partial charge in [0.05, 0.1) is 14.2 Å². The monoisotopic (exact) mass is 422 g/mol. The molecule has 0 fully saturated rings. The Morgan fingerprint density at radius 1 is 0.935 bits per heavy atom. The summed E-state index contributed by atoms with van der Waals surface area (Å²) < 4.78 is 18.6. The molecule has 0 spiro atoms. The molecule has 160 valence electrons. The van der Waals surface area contributed by atoms with Crippen LogP contribution in [0.5, 0.6) is 5.75 Å². The van der Waals surface area contributed by atoms with E-state index in [1.54, 1.807) is 44.5 Å². The van der Waals surface area contributed by atoms with E-state index in [0.717, 1.165) is 5.56 Å². The summed E-state index contributed by atoms with van der Waals surface area (Å²) in [5.41, 5.74) is 1.75. The molecule has 2 atom stereocenters. The number of carbonyl (C=O) groups is 2. The number of halogens is 1. The van der Waals surface area contributed by atoms with Crippen molar-refractivity contribution >= 4 is 23.2 Å². The normalized spacial score (nSPS) is 12.5. The van der Waals surface area contributed by atoms with Crippen LogP contribution >= 0.6 is 0 Å². The fraction of sp³-hybridized carbons (Fsp3) is 0.167. The summed E-state index contributed by atoms with van der Waals surface area (Å²) in [5, 5.41) is 5.58. The maximum absolute atomic E-state index is 13.4. The van der Waals surface area contributed by atoms with E-state index >= 15 is 0 Å². The van der Waals surface area contributed by atoms with Crippen molar-refractivity contribution in [1.29, 1.82) is 0 Å². The summed E-state index contributed by atoms with van der Waals surface area (Å²) in [4.78, 5) is 26.4. The van der Waals surface area contributed by atoms with Crippen molar-refractivity contribution < 1.29 is 23.6 Å². The van der Waals surface area contributed by atoms with E-state index in [9.17, 15) is 14.0 Å². The lowest BCUT2D eigenvalue weighted by molar-refractivity contribution is -0.893. The van der Waals surface area contributed by atoms with E-state index in [1.165, 1.54) is 18.2 Å². The number of amides is 2. The van der Waals surface area contributed by atoms with Gasteiger partial charge in [-0.05, 0) is 30.3 Å². The standard InChI is InChI=1S/C24H24FN3O3/c1-28(16-22(29)26-19-11-6-10-18(25)14-19)23(17-8-4-3-5-9-17)24(30)27-20-12-7-13-21(15-20)31-2/h3-15,23H,16H2,1-2H3,(H,26,29)(H,27,30)/p+1/t23-/m1/s1. The van der Waals surface area contributed by atoms with E-state index in [0.29, 0.717) is 22.0 Å². The molecule has 0 saturated carbocycles. The first-order chi connectivity index (χ1) is 15.0. The molecule has 3 N–H and O–H groups in total. The quantitative estimate of drug-likeness (QED) is 0.523. The van der Waals surface area contributed by atoms with E-state index in [4.69, 9.17) is 4.74 Å². The summed E-state index contributed by atoms with van der Waals surface area (Å²) in [6.45, 7) is 0.0155. The molecule has 0 bridgehead atoms. The van der Waals surface area contributed by atoms with E-state index in [-0.39, 0.29) is 18.4 Å². The number of ether oxygens (including phenoxy) is 1. The number of anilines is 2. The maximum atomic E-state index is 13.4. The van der Waals surface area contributed by atoms with Crippen molar-refractivity contribution in [2.45, 2.75) is 6.04 Å². The molecular weight excluding hydrogens is 397 g/mol. The first-order valence-electron chi connectivity index (χ1n) is 9.84. The van der Waals surface area contributed by atoms with Crippen LogP contribution in [-0.2, 0) is 9.59 Å². The molecule has 7 heteroatoms. The second kappa shape index (κ2) is 10.4. The first-order valence-corrected chi connectivity index (χ1v) is 9.84. The summed E-state index contributed by atoms with van der Waals surface area (Å²) in [6, 6.07) is 21.4. The van der Waals surface area contributed by atoms with Crippen LogP contribution in [0.1, 0.15) is 11.6 Å². The summed E-state index contributed by atoms with van der Waals surface area (Å²) in [5.74, 6) is -0.378. The van der Waals surface area contributed by atoms with Gasteiger partial charge >= 0.3 is 0 Å². The number of nitrogens with one attached hydrogen (secondary N) is 3. The lowest BCUT2D eigenvalue weighted by Gasteiger charge is -2.24. The largest absolute Gasteiger partial charge is 0.497 e. The molecule has 0 aliphatic rings. The predicted octanol–water partition coefficient (Wildman–Crippen LogP) is 2.67. The highest BCUT2D eigenvalue weighted by atomic mass is 19.1. The summed E-state index contributed by atoms with van der Waals surface area (Å²) >= 11 is 0. The Balaban J connectivity index is 1.76. The number of hydrogen-bond donors (Lipinski definition) is 3. The molecule has 0 aromatic heterocycles. The Kier molecular flexibility index (Phi) is 7.35. The summed E-state index contributed by atoms with van der Waals surface area (Å²) in [6.07, 6.45) is 0. The van der Waals surface area contributed by atoms with Crippen molar-refractivity contribution in [2.24, 2.45) is 0 Å². The molecule has 0 radical (unpaired) electrons. The molecule has 3 aromatic carbocycles. The van der Waals surface area contributed by atoms with Crippen LogP contribution in [0, 0.1) is 5.82 Å². The average molecular weight is 422 g/mol. The molecule has 2 amide bonds. The number of quaternary nitrogens is 1. The molecular formula is C24H25FN3O3+.